The summed E-state index contributed by atoms with van der Waals surface area (Å²) < 4.78 is 37.1. The largest absolute Gasteiger partial charge is 0.454 e. The van der Waals surface area contributed by atoms with Crippen molar-refractivity contribution >= 4 is 39.1 Å². The molecule has 1 aliphatic heterocycles. The van der Waals surface area contributed by atoms with Crippen molar-refractivity contribution in [1.82, 2.24) is 10.2 Å². The molecule has 0 saturated heterocycles. The molecule has 2 aromatic carbocycles. The van der Waals surface area contributed by atoms with Crippen LogP contribution in [0.1, 0.15) is 38.2 Å². The number of hydrogen-bond donors (Lipinski definition) is 1. The Balaban J connectivity index is 1.60. The first-order valence-corrected chi connectivity index (χ1v) is 14.1. The van der Waals surface area contributed by atoms with Gasteiger partial charge in [0.25, 0.3) is 0 Å². The molecule has 4 rings (SSSR count). The Morgan fingerprint density at radius 2 is 1.81 bits per heavy atom. The van der Waals surface area contributed by atoms with E-state index in [1.54, 1.807) is 43.3 Å². The summed E-state index contributed by atoms with van der Waals surface area (Å²) in [5.74, 6) is 0.0743. The molecule has 1 N–H and O–H groups in total. The lowest BCUT2D eigenvalue weighted by Crippen LogP contribution is -2.52. The maximum absolute atomic E-state index is 13.6. The molecule has 2 amide bonds. The molecule has 2 aromatic rings. The standard InChI is InChI=1S/C25H30ClN3O6S/c1-17(25(31)27-19-8-4-5-9-19)28(14-18-7-3-6-10-21(18)26)24(30)15-29(36(2,32)33)20-11-12-22-23(13-20)35-16-34-22/h3,6-7,10-13,17,19H,4-5,8-9,14-16H2,1-2H3,(H,27,31). The van der Waals surface area contributed by atoms with Gasteiger partial charge >= 0.3 is 0 Å². The first kappa shape index (κ1) is 26.1. The first-order chi connectivity index (χ1) is 17.1. The van der Waals surface area contributed by atoms with Crippen molar-refractivity contribution in [3.8, 4) is 11.5 Å². The van der Waals surface area contributed by atoms with E-state index < -0.39 is 28.5 Å². The number of carbonyl (C=O) groups is 2. The number of nitrogens with one attached hydrogen (secondary N) is 1. The highest BCUT2D eigenvalue weighted by Gasteiger charge is 2.32. The van der Waals surface area contributed by atoms with Gasteiger partial charge in [0.2, 0.25) is 28.6 Å². The normalized spacial score (nSPS) is 16.0. The van der Waals surface area contributed by atoms with Crippen molar-refractivity contribution in [2.24, 2.45) is 0 Å². The van der Waals surface area contributed by atoms with Gasteiger partial charge in [-0.25, -0.2) is 8.42 Å². The van der Waals surface area contributed by atoms with Crippen LogP contribution in [0.25, 0.3) is 0 Å². The molecule has 1 saturated carbocycles. The second kappa shape index (κ2) is 11.0. The molecule has 0 aromatic heterocycles. The van der Waals surface area contributed by atoms with Crippen LogP contribution < -0.4 is 19.1 Å². The minimum Gasteiger partial charge on any atom is -0.454 e. The maximum atomic E-state index is 13.6. The highest BCUT2D eigenvalue weighted by atomic mass is 35.5. The molecule has 0 radical (unpaired) electrons. The Morgan fingerprint density at radius 3 is 2.50 bits per heavy atom. The van der Waals surface area contributed by atoms with E-state index in [2.05, 4.69) is 5.32 Å². The summed E-state index contributed by atoms with van der Waals surface area (Å²) in [6.07, 6.45) is 4.95. The van der Waals surface area contributed by atoms with E-state index in [9.17, 15) is 18.0 Å². The van der Waals surface area contributed by atoms with E-state index in [0.717, 1.165) is 36.2 Å². The van der Waals surface area contributed by atoms with Crippen LogP contribution in [0.2, 0.25) is 5.02 Å². The number of benzene rings is 2. The molecule has 2 aliphatic rings. The monoisotopic (exact) mass is 535 g/mol. The predicted molar refractivity (Wildman–Crippen MR) is 137 cm³/mol. The molecule has 0 bridgehead atoms. The van der Waals surface area contributed by atoms with Gasteiger partial charge in [0.05, 0.1) is 11.9 Å². The Bertz CT molecular complexity index is 1230. The zero-order valence-electron chi connectivity index (χ0n) is 20.3. The summed E-state index contributed by atoms with van der Waals surface area (Å²) >= 11 is 6.35. The molecule has 1 fully saturated rings. The van der Waals surface area contributed by atoms with Gasteiger partial charge in [-0.15, -0.1) is 0 Å². The van der Waals surface area contributed by atoms with Crippen LogP contribution >= 0.6 is 11.6 Å². The molecule has 1 aliphatic carbocycles. The van der Waals surface area contributed by atoms with Gasteiger partial charge in [-0.3, -0.25) is 13.9 Å². The molecule has 0 spiro atoms. The zero-order valence-corrected chi connectivity index (χ0v) is 21.8. The number of sulfonamides is 1. The lowest BCUT2D eigenvalue weighted by atomic mass is 10.1. The SMILES string of the molecule is CC(C(=O)NC1CCCC1)N(Cc1ccccc1Cl)C(=O)CN(c1ccc2c(c1)OCO2)S(C)(=O)=O. The number of anilines is 1. The molecule has 1 heterocycles. The number of rotatable bonds is 9. The van der Waals surface area contributed by atoms with Crippen LogP contribution in [0.4, 0.5) is 5.69 Å². The van der Waals surface area contributed by atoms with Gasteiger partial charge in [-0.2, -0.15) is 0 Å². The fourth-order valence-corrected chi connectivity index (χ4v) is 5.48. The van der Waals surface area contributed by atoms with Gasteiger partial charge in [-0.05, 0) is 43.5 Å². The second-order valence-electron chi connectivity index (χ2n) is 9.09. The highest BCUT2D eigenvalue weighted by molar-refractivity contribution is 7.92. The van der Waals surface area contributed by atoms with E-state index in [1.165, 1.54) is 11.0 Å². The van der Waals surface area contributed by atoms with Gasteiger partial charge in [0, 0.05) is 23.7 Å². The van der Waals surface area contributed by atoms with Gasteiger partial charge in [-0.1, -0.05) is 42.6 Å². The van der Waals surface area contributed by atoms with Gasteiger partial charge in [0.15, 0.2) is 11.5 Å². The van der Waals surface area contributed by atoms with E-state index in [1.807, 2.05) is 0 Å². The molecule has 1 atom stereocenters. The number of nitrogens with zero attached hydrogens (tertiary/aromatic N) is 2. The topological polar surface area (TPSA) is 105 Å². The van der Waals surface area contributed by atoms with E-state index in [-0.39, 0.29) is 31.0 Å². The number of hydrogen-bond acceptors (Lipinski definition) is 6. The van der Waals surface area contributed by atoms with Crippen LogP contribution in [0.5, 0.6) is 11.5 Å². The quantitative estimate of drug-likeness (QED) is 0.528. The van der Waals surface area contributed by atoms with E-state index in [4.69, 9.17) is 21.1 Å². The zero-order chi connectivity index (χ0) is 25.9. The number of amides is 2. The van der Waals surface area contributed by atoms with E-state index in [0.29, 0.717) is 22.1 Å². The second-order valence-corrected chi connectivity index (χ2v) is 11.4. The summed E-state index contributed by atoms with van der Waals surface area (Å²) in [6.45, 7) is 1.24. The minimum atomic E-state index is -3.85. The van der Waals surface area contributed by atoms with E-state index >= 15 is 0 Å². The average molecular weight is 536 g/mol. The van der Waals surface area contributed by atoms with Crippen molar-refractivity contribution in [2.45, 2.75) is 51.2 Å². The summed E-state index contributed by atoms with van der Waals surface area (Å²) in [4.78, 5) is 28.1. The fourth-order valence-electron chi connectivity index (χ4n) is 4.44. The first-order valence-electron chi connectivity index (χ1n) is 11.8. The summed E-state index contributed by atoms with van der Waals surface area (Å²) in [5, 5.41) is 3.48. The number of halogens is 1. The van der Waals surface area contributed by atoms with Crippen molar-refractivity contribution in [3.63, 3.8) is 0 Å². The molecule has 1 unspecified atom stereocenters. The maximum Gasteiger partial charge on any atom is 0.244 e. The van der Waals surface area contributed by atoms with Crippen LogP contribution in [-0.2, 0) is 26.2 Å². The smallest absolute Gasteiger partial charge is 0.244 e. The highest BCUT2D eigenvalue weighted by Crippen LogP contribution is 2.36. The van der Waals surface area contributed by atoms with Crippen LogP contribution in [0.3, 0.4) is 0 Å². The average Bonchev–Trinajstić information content (AvgIpc) is 3.52. The molecule has 11 heteroatoms. The molecular weight excluding hydrogens is 506 g/mol. The molecular formula is C25H30ClN3O6S. The molecule has 36 heavy (non-hydrogen) atoms. The Hall–Kier alpha value is -2.98. The van der Waals surface area contributed by atoms with Crippen LogP contribution in [0.15, 0.2) is 42.5 Å². The number of fused-ring (bicyclic) bond motifs is 1. The van der Waals surface area contributed by atoms with Crippen molar-refractivity contribution in [3.05, 3.63) is 53.1 Å². The summed E-state index contributed by atoms with van der Waals surface area (Å²) in [7, 11) is -3.85. The third kappa shape index (κ3) is 6.04. The number of carbonyl (C=O) groups excluding carboxylic acids is 2. The third-order valence-corrected chi connectivity index (χ3v) is 8.00. The van der Waals surface area contributed by atoms with Gasteiger partial charge in [0.1, 0.15) is 12.6 Å². The summed E-state index contributed by atoms with van der Waals surface area (Å²) in [5.41, 5.74) is 0.915. The van der Waals surface area contributed by atoms with Crippen molar-refractivity contribution in [2.75, 3.05) is 23.9 Å². The lowest BCUT2D eigenvalue weighted by molar-refractivity contribution is -0.139. The van der Waals surface area contributed by atoms with Crippen LogP contribution in [-0.4, -0.2) is 56.8 Å². The Morgan fingerprint density at radius 1 is 1.11 bits per heavy atom. The van der Waals surface area contributed by atoms with Crippen LogP contribution in [0, 0.1) is 0 Å². The molecule has 9 nitrogen and oxygen atoms in total. The fraction of sp³-hybridized carbons (Fsp3) is 0.440. The predicted octanol–water partition coefficient (Wildman–Crippen LogP) is 3.31. The lowest BCUT2D eigenvalue weighted by Gasteiger charge is -2.32. The van der Waals surface area contributed by atoms with Gasteiger partial charge < -0.3 is 19.7 Å². The number of ether oxygens (including phenoxy) is 2. The third-order valence-electron chi connectivity index (χ3n) is 6.49. The minimum absolute atomic E-state index is 0.0375. The Kier molecular flexibility index (Phi) is 7.94. The Labute approximate surface area is 216 Å². The van der Waals surface area contributed by atoms with Crippen molar-refractivity contribution < 1.29 is 27.5 Å². The summed E-state index contributed by atoms with van der Waals surface area (Å²) in [6, 6.07) is 11.0. The van der Waals surface area contributed by atoms with Crippen molar-refractivity contribution in [1.29, 1.82) is 0 Å². The molecule has 194 valence electrons.